The Labute approximate surface area is 116 Å². The van der Waals surface area contributed by atoms with E-state index in [0.717, 1.165) is 11.1 Å². The van der Waals surface area contributed by atoms with Crippen molar-refractivity contribution < 1.29 is 4.74 Å². The maximum absolute atomic E-state index is 12.6. The van der Waals surface area contributed by atoms with Crippen molar-refractivity contribution in [3.63, 3.8) is 0 Å². The first-order valence-electron chi connectivity index (χ1n) is 6.50. The fourth-order valence-corrected chi connectivity index (χ4v) is 2.19. The number of aromatic nitrogens is 2. The second kappa shape index (κ2) is 5.17. The molecule has 0 atom stereocenters. The minimum absolute atomic E-state index is 0.191. The summed E-state index contributed by atoms with van der Waals surface area (Å²) in [6.07, 6.45) is 1.68. The average Bonchev–Trinajstić information content (AvgIpc) is 2.49. The lowest BCUT2D eigenvalue weighted by molar-refractivity contribution is 0.335. The summed E-state index contributed by atoms with van der Waals surface area (Å²) in [7, 11) is 0. The van der Waals surface area contributed by atoms with E-state index in [1.165, 1.54) is 0 Å². The number of nitrogens with zero attached hydrogens (tertiary/aromatic N) is 2. The summed E-state index contributed by atoms with van der Waals surface area (Å²) in [5, 5.41) is 0.874. The van der Waals surface area contributed by atoms with Gasteiger partial charge in [0.15, 0.2) is 5.75 Å². The van der Waals surface area contributed by atoms with Crippen LogP contribution in [0.3, 0.4) is 0 Å². The summed E-state index contributed by atoms with van der Waals surface area (Å²) in [6.45, 7) is 2.32. The first-order chi connectivity index (χ1) is 9.81. The van der Waals surface area contributed by atoms with Crippen molar-refractivity contribution in [2.24, 2.45) is 0 Å². The van der Waals surface area contributed by atoms with Gasteiger partial charge in [-0.05, 0) is 37.3 Å². The van der Waals surface area contributed by atoms with E-state index in [9.17, 15) is 4.79 Å². The summed E-state index contributed by atoms with van der Waals surface area (Å²) in [5.74, 6) is 0.344. The lowest BCUT2D eigenvalue weighted by Crippen LogP contribution is -2.21. The second-order valence-corrected chi connectivity index (χ2v) is 4.33. The zero-order valence-electron chi connectivity index (χ0n) is 11.1. The molecular formula is C16H14N2O2. The Morgan fingerprint density at radius 2 is 1.95 bits per heavy atom. The molecule has 0 bridgehead atoms. The van der Waals surface area contributed by atoms with Crippen LogP contribution in [0.5, 0.6) is 5.75 Å². The minimum Gasteiger partial charge on any atom is -0.488 e. The van der Waals surface area contributed by atoms with Gasteiger partial charge in [-0.2, -0.15) is 0 Å². The van der Waals surface area contributed by atoms with Gasteiger partial charge in [-0.15, -0.1) is 0 Å². The van der Waals surface area contributed by atoms with E-state index in [1.807, 2.05) is 49.4 Å². The fourth-order valence-electron chi connectivity index (χ4n) is 2.19. The highest BCUT2D eigenvalue weighted by Crippen LogP contribution is 2.18. The van der Waals surface area contributed by atoms with Crippen LogP contribution in [0.15, 0.2) is 59.5 Å². The SMILES string of the molecule is CCOc1cc2cccnc2n(-c2ccccc2)c1=O. The number of hydrogen-bond acceptors (Lipinski definition) is 3. The van der Waals surface area contributed by atoms with E-state index >= 15 is 0 Å². The summed E-state index contributed by atoms with van der Waals surface area (Å²) in [6, 6.07) is 15.0. The van der Waals surface area contributed by atoms with Crippen LogP contribution in [0.1, 0.15) is 6.92 Å². The number of benzene rings is 1. The van der Waals surface area contributed by atoms with Crippen LogP contribution in [0.2, 0.25) is 0 Å². The van der Waals surface area contributed by atoms with Crippen LogP contribution >= 0.6 is 0 Å². The van der Waals surface area contributed by atoms with Crippen molar-refractivity contribution in [3.8, 4) is 11.4 Å². The Hall–Kier alpha value is -2.62. The van der Waals surface area contributed by atoms with E-state index in [0.29, 0.717) is 18.0 Å². The van der Waals surface area contributed by atoms with Crippen LogP contribution in [0.25, 0.3) is 16.7 Å². The van der Waals surface area contributed by atoms with Crippen LogP contribution in [0, 0.1) is 0 Å². The molecule has 0 N–H and O–H groups in total. The second-order valence-electron chi connectivity index (χ2n) is 4.33. The molecule has 0 spiro atoms. The number of fused-ring (bicyclic) bond motifs is 1. The predicted molar refractivity (Wildman–Crippen MR) is 78.5 cm³/mol. The predicted octanol–water partition coefficient (Wildman–Crippen LogP) is 2.78. The van der Waals surface area contributed by atoms with Crippen molar-refractivity contribution in [1.29, 1.82) is 0 Å². The summed E-state index contributed by atoms with van der Waals surface area (Å²) in [4.78, 5) is 16.9. The maximum Gasteiger partial charge on any atom is 0.299 e. The fraction of sp³-hybridized carbons (Fsp3) is 0.125. The van der Waals surface area contributed by atoms with E-state index in [2.05, 4.69) is 4.98 Å². The number of hydrogen-bond donors (Lipinski definition) is 0. The molecule has 3 rings (SSSR count). The zero-order valence-corrected chi connectivity index (χ0v) is 11.1. The van der Waals surface area contributed by atoms with Gasteiger partial charge in [0.05, 0.1) is 12.3 Å². The Bertz CT molecular complexity index is 794. The van der Waals surface area contributed by atoms with Gasteiger partial charge in [-0.25, -0.2) is 4.98 Å². The van der Waals surface area contributed by atoms with Gasteiger partial charge in [0.1, 0.15) is 5.65 Å². The Morgan fingerprint density at radius 3 is 2.70 bits per heavy atom. The standard InChI is InChI=1S/C16H14N2O2/c1-2-20-14-11-12-7-6-10-17-15(12)18(16(14)19)13-8-4-3-5-9-13/h3-11H,2H2,1H3. The molecule has 0 aliphatic heterocycles. The van der Waals surface area contributed by atoms with Crippen LogP contribution in [0.4, 0.5) is 0 Å². The van der Waals surface area contributed by atoms with Gasteiger partial charge >= 0.3 is 0 Å². The lowest BCUT2D eigenvalue weighted by atomic mass is 10.2. The molecule has 4 nitrogen and oxygen atoms in total. The third kappa shape index (κ3) is 2.05. The van der Waals surface area contributed by atoms with Gasteiger partial charge in [0.25, 0.3) is 5.56 Å². The number of para-hydroxylation sites is 1. The molecular weight excluding hydrogens is 252 g/mol. The quantitative estimate of drug-likeness (QED) is 0.732. The number of ether oxygens (including phenoxy) is 1. The molecule has 0 aliphatic rings. The van der Waals surface area contributed by atoms with Gasteiger partial charge in [0, 0.05) is 11.6 Å². The highest BCUT2D eigenvalue weighted by Gasteiger charge is 2.12. The molecule has 0 aliphatic carbocycles. The molecule has 2 aromatic heterocycles. The van der Waals surface area contributed by atoms with Crippen molar-refractivity contribution in [2.45, 2.75) is 6.92 Å². The third-order valence-electron chi connectivity index (χ3n) is 3.04. The maximum atomic E-state index is 12.6. The normalized spacial score (nSPS) is 10.7. The van der Waals surface area contributed by atoms with E-state index in [1.54, 1.807) is 16.8 Å². The van der Waals surface area contributed by atoms with Crippen LogP contribution in [-0.2, 0) is 0 Å². The van der Waals surface area contributed by atoms with Gasteiger partial charge in [-0.1, -0.05) is 18.2 Å². The van der Waals surface area contributed by atoms with Crippen molar-refractivity contribution in [2.75, 3.05) is 6.61 Å². The Balaban J connectivity index is 2.38. The largest absolute Gasteiger partial charge is 0.488 e. The van der Waals surface area contributed by atoms with E-state index < -0.39 is 0 Å². The summed E-state index contributed by atoms with van der Waals surface area (Å²) >= 11 is 0. The minimum atomic E-state index is -0.191. The molecule has 20 heavy (non-hydrogen) atoms. The molecule has 0 amide bonds. The van der Waals surface area contributed by atoms with Gasteiger partial charge < -0.3 is 4.74 Å². The summed E-state index contributed by atoms with van der Waals surface area (Å²) in [5.41, 5.74) is 1.22. The molecule has 100 valence electrons. The highest BCUT2D eigenvalue weighted by molar-refractivity contribution is 5.78. The van der Waals surface area contributed by atoms with Gasteiger partial charge in [0.2, 0.25) is 0 Å². The average molecular weight is 266 g/mol. The Kier molecular flexibility index (Phi) is 3.21. The molecule has 0 radical (unpaired) electrons. The molecule has 0 saturated carbocycles. The molecule has 0 unspecified atom stereocenters. The summed E-state index contributed by atoms with van der Waals surface area (Å²) < 4.78 is 7.03. The highest BCUT2D eigenvalue weighted by atomic mass is 16.5. The van der Waals surface area contributed by atoms with E-state index in [4.69, 9.17) is 4.74 Å². The Morgan fingerprint density at radius 1 is 1.15 bits per heavy atom. The van der Waals surface area contributed by atoms with Crippen molar-refractivity contribution >= 4 is 11.0 Å². The van der Waals surface area contributed by atoms with Crippen LogP contribution < -0.4 is 10.3 Å². The monoisotopic (exact) mass is 266 g/mol. The van der Waals surface area contributed by atoms with Gasteiger partial charge in [-0.3, -0.25) is 9.36 Å². The van der Waals surface area contributed by atoms with Crippen molar-refractivity contribution in [1.82, 2.24) is 9.55 Å². The number of pyridine rings is 2. The van der Waals surface area contributed by atoms with E-state index in [-0.39, 0.29) is 5.56 Å². The molecule has 4 heteroatoms. The number of rotatable bonds is 3. The lowest BCUT2D eigenvalue weighted by Gasteiger charge is -2.12. The molecule has 0 fully saturated rings. The zero-order chi connectivity index (χ0) is 13.9. The smallest absolute Gasteiger partial charge is 0.299 e. The molecule has 0 saturated heterocycles. The first kappa shape index (κ1) is 12.4. The van der Waals surface area contributed by atoms with Crippen LogP contribution in [-0.4, -0.2) is 16.2 Å². The van der Waals surface area contributed by atoms with Crippen molar-refractivity contribution in [3.05, 3.63) is 65.1 Å². The molecule has 3 aromatic rings. The topological polar surface area (TPSA) is 44.1 Å². The molecule has 1 aromatic carbocycles. The first-order valence-corrected chi connectivity index (χ1v) is 6.50. The third-order valence-corrected chi connectivity index (χ3v) is 3.04. The molecule has 2 heterocycles.